The van der Waals surface area contributed by atoms with Gasteiger partial charge in [0.15, 0.2) is 5.65 Å². The molecular formula is C12H14N4. The molecule has 1 saturated heterocycles. The molecule has 0 bridgehead atoms. The van der Waals surface area contributed by atoms with E-state index in [0.29, 0.717) is 0 Å². The SMILES string of the molecule is C=C1CCN(c2ccn3nccc3n2)CC1. The zero-order valence-corrected chi connectivity index (χ0v) is 9.13. The molecule has 82 valence electrons. The first-order chi connectivity index (χ1) is 7.83. The fraction of sp³-hybridized carbons (Fsp3) is 0.333. The summed E-state index contributed by atoms with van der Waals surface area (Å²) < 4.78 is 1.78. The van der Waals surface area contributed by atoms with Gasteiger partial charge in [-0.2, -0.15) is 5.10 Å². The van der Waals surface area contributed by atoms with Crippen molar-refractivity contribution >= 4 is 11.5 Å². The van der Waals surface area contributed by atoms with Crippen LogP contribution in [0.5, 0.6) is 0 Å². The molecule has 0 spiro atoms. The molecule has 0 unspecified atom stereocenters. The molecule has 0 N–H and O–H groups in total. The number of aromatic nitrogens is 3. The smallest absolute Gasteiger partial charge is 0.157 e. The van der Waals surface area contributed by atoms with Gasteiger partial charge in [-0.3, -0.25) is 0 Å². The molecule has 3 heterocycles. The van der Waals surface area contributed by atoms with Gasteiger partial charge in [-0.25, -0.2) is 9.50 Å². The van der Waals surface area contributed by atoms with Crippen LogP contribution in [0, 0.1) is 0 Å². The minimum absolute atomic E-state index is 0.905. The quantitative estimate of drug-likeness (QED) is 0.680. The molecular weight excluding hydrogens is 200 g/mol. The van der Waals surface area contributed by atoms with Crippen LogP contribution in [0.15, 0.2) is 36.7 Å². The van der Waals surface area contributed by atoms with Crippen molar-refractivity contribution < 1.29 is 0 Å². The van der Waals surface area contributed by atoms with E-state index in [0.717, 1.165) is 37.4 Å². The summed E-state index contributed by atoms with van der Waals surface area (Å²) in [6.07, 6.45) is 5.88. The van der Waals surface area contributed by atoms with Gasteiger partial charge in [-0.05, 0) is 18.9 Å². The van der Waals surface area contributed by atoms with E-state index in [9.17, 15) is 0 Å². The van der Waals surface area contributed by atoms with Crippen LogP contribution in [-0.4, -0.2) is 27.7 Å². The number of anilines is 1. The van der Waals surface area contributed by atoms with Gasteiger partial charge in [-0.1, -0.05) is 12.2 Å². The zero-order valence-electron chi connectivity index (χ0n) is 9.13. The van der Waals surface area contributed by atoms with Crippen molar-refractivity contribution in [2.75, 3.05) is 18.0 Å². The van der Waals surface area contributed by atoms with Crippen molar-refractivity contribution in [2.45, 2.75) is 12.8 Å². The van der Waals surface area contributed by atoms with E-state index >= 15 is 0 Å². The molecule has 0 amide bonds. The Hall–Kier alpha value is -1.84. The van der Waals surface area contributed by atoms with Gasteiger partial charge in [0.2, 0.25) is 0 Å². The van der Waals surface area contributed by atoms with Crippen molar-refractivity contribution in [3.8, 4) is 0 Å². The molecule has 1 fully saturated rings. The molecule has 0 atom stereocenters. The first kappa shape index (κ1) is 9.39. The molecule has 0 radical (unpaired) electrons. The second-order valence-corrected chi connectivity index (χ2v) is 4.16. The van der Waals surface area contributed by atoms with Gasteiger partial charge in [0, 0.05) is 25.4 Å². The van der Waals surface area contributed by atoms with Crippen molar-refractivity contribution in [3.05, 3.63) is 36.7 Å². The maximum absolute atomic E-state index is 4.58. The normalized spacial score (nSPS) is 17.0. The second kappa shape index (κ2) is 3.63. The van der Waals surface area contributed by atoms with E-state index in [-0.39, 0.29) is 0 Å². The van der Waals surface area contributed by atoms with Crippen molar-refractivity contribution in [2.24, 2.45) is 0 Å². The summed E-state index contributed by atoms with van der Waals surface area (Å²) >= 11 is 0. The third-order valence-electron chi connectivity index (χ3n) is 3.04. The number of nitrogens with zero attached hydrogens (tertiary/aromatic N) is 4. The first-order valence-corrected chi connectivity index (χ1v) is 5.55. The van der Waals surface area contributed by atoms with Crippen LogP contribution in [0.4, 0.5) is 5.82 Å². The number of hydrogen-bond donors (Lipinski definition) is 0. The van der Waals surface area contributed by atoms with Gasteiger partial charge >= 0.3 is 0 Å². The number of rotatable bonds is 1. The summed E-state index contributed by atoms with van der Waals surface area (Å²) in [5.74, 6) is 1.04. The molecule has 2 aromatic rings. The van der Waals surface area contributed by atoms with E-state index in [2.05, 4.69) is 21.6 Å². The Morgan fingerprint density at radius 3 is 2.81 bits per heavy atom. The monoisotopic (exact) mass is 214 g/mol. The third kappa shape index (κ3) is 1.56. The average molecular weight is 214 g/mol. The Morgan fingerprint density at radius 1 is 1.19 bits per heavy atom. The van der Waals surface area contributed by atoms with E-state index < -0.39 is 0 Å². The lowest BCUT2D eigenvalue weighted by molar-refractivity contribution is 0.678. The minimum Gasteiger partial charge on any atom is -0.356 e. The Labute approximate surface area is 94.2 Å². The largest absolute Gasteiger partial charge is 0.356 e. The minimum atomic E-state index is 0.905. The van der Waals surface area contributed by atoms with E-state index in [1.807, 2.05) is 18.3 Å². The van der Waals surface area contributed by atoms with Gasteiger partial charge in [0.25, 0.3) is 0 Å². The molecule has 16 heavy (non-hydrogen) atoms. The summed E-state index contributed by atoms with van der Waals surface area (Å²) in [7, 11) is 0. The second-order valence-electron chi connectivity index (χ2n) is 4.16. The Kier molecular flexibility index (Phi) is 2.13. The van der Waals surface area contributed by atoms with Crippen LogP contribution in [0.1, 0.15) is 12.8 Å². The third-order valence-corrected chi connectivity index (χ3v) is 3.04. The van der Waals surface area contributed by atoms with Crippen LogP contribution < -0.4 is 4.90 Å². The fourth-order valence-corrected chi connectivity index (χ4v) is 2.03. The molecule has 2 aromatic heterocycles. The van der Waals surface area contributed by atoms with E-state index in [1.165, 1.54) is 5.57 Å². The predicted molar refractivity (Wildman–Crippen MR) is 63.6 cm³/mol. The highest BCUT2D eigenvalue weighted by atomic mass is 15.3. The Bertz CT molecular complexity index is 519. The van der Waals surface area contributed by atoms with Crippen molar-refractivity contribution in [3.63, 3.8) is 0 Å². The number of hydrogen-bond acceptors (Lipinski definition) is 3. The maximum atomic E-state index is 4.58. The molecule has 1 aliphatic heterocycles. The highest BCUT2D eigenvalue weighted by molar-refractivity contribution is 5.47. The number of fused-ring (bicyclic) bond motifs is 1. The summed E-state index contributed by atoms with van der Waals surface area (Å²) in [4.78, 5) is 6.89. The summed E-state index contributed by atoms with van der Waals surface area (Å²) in [6, 6.07) is 3.94. The summed E-state index contributed by atoms with van der Waals surface area (Å²) in [5, 5.41) is 4.14. The highest BCUT2D eigenvalue weighted by Gasteiger charge is 2.14. The Balaban J connectivity index is 1.90. The van der Waals surface area contributed by atoms with Crippen LogP contribution in [0.25, 0.3) is 5.65 Å². The lowest BCUT2D eigenvalue weighted by Crippen LogP contribution is -2.31. The van der Waals surface area contributed by atoms with Crippen LogP contribution in [0.2, 0.25) is 0 Å². The first-order valence-electron chi connectivity index (χ1n) is 5.55. The molecule has 0 aliphatic carbocycles. The van der Waals surface area contributed by atoms with Gasteiger partial charge in [0.1, 0.15) is 5.82 Å². The van der Waals surface area contributed by atoms with Gasteiger partial charge < -0.3 is 4.90 Å². The zero-order chi connectivity index (χ0) is 11.0. The fourth-order valence-electron chi connectivity index (χ4n) is 2.03. The average Bonchev–Trinajstić information content (AvgIpc) is 2.77. The summed E-state index contributed by atoms with van der Waals surface area (Å²) in [6.45, 7) is 6.07. The van der Waals surface area contributed by atoms with Crippen LogP contribution in [0.3, 0.4) is 0 Å². The van der Waals surface area contributed by atoms with Crippen molar-refractivity contribution in [1.29, 1.82) is 0 Å². The lowest BCUT2D eigenvalue weighted by Gasteiger charge is -2.28. The Morgan fingerprint density at radius 2 is 2.00 bits per heavy atom. The van der Waals surface area contributed by atoms with Crippen molar-refractivity contribution in [1.82, 2.24) is 14.6 Å². The maximum Gasteiger partial charge on any atom is 0.157 e. The lowest BCUT2D eigenvalue weighted by atomic mass is 10.1. The molecule has 4 heteroatoms. The predicted octanol–water partition coefficient (Wildman–Crippen LogP) is 1.89. The van der Waals surface area contributed by atoms with E-state index in [1.54, 1.807) is 10.7 Å². The topological polar surface area (TPSA) is 33.4 Å². The molecule has 1 aliphatic rings. The molecule has 0 aromatic carbocycles. The van der Waals surface area contributed by atoms with Gasteiger partial charge in [-0.15, -0.1) is 0 Å². The van der Waals surface area contributed by atoms with Gasteiger partial charge in [0.05, 0.1) is 6.20 Å². The van der Waals surface area contributed by atoms with E-state index in [4.69, 9.17) is 0 Å². The summed E-state index contributed by atoms with van der Waals surface area (Å²) in [5.41, 5.74) is 2.25. The molecule has 3 rings (SSSR count). The molecule has 0 saturated carbocycles. The number of piperidine rings is 1. The van der Waals surface area contributed by atoms with Crippen LogP contribution >= 0.6 is 0 Å². The molecule has 4 nitrogen and oxygen atoms in total. The standard InChI is InChI=1S/C12H14N4/c1-10-3-7-15(8-4-10)11-5-9-16-12(14-11)2-6-13-16/h2,5-6,9H,1,3-4,7-8H2. The van der Waals surface area contributed by atoms with Crippen LogP contribution in [-0.2, 0) is 0 Å². The highest BCUT2D eigenvalue weighted by Crippen LogP contribution is 2.20.